The standard InChI is InChI=1S/C30H38N6/c1-17-13-25(33-19(17)3)29-31-15-27(35-29)23-9-5-21(6-10-23)22-7-11-24(12-8-22)28-16-32-30(36-28)26-14-18(2)20(4)34-26/h5-12,15,17-20,25-26,28,33-34H,13-14,16H2,1-4H3,(H,31,35)(H,32,36)/t17?,18?,19-,20?,25?,26?,28?/m0/s1. The summed E-state index contributed by atoms with van der Waals surface area (Å²) in [5.74, 6) is 3.54. The van der Waals surface area contributed by atoms with E-state index >= 15 is 0 Å². The summed E-state index contributed by atoms with van der Waals surface area (Å²) in [6.07, 6.45) is 4.24. The van der Waals surface area contributed by atoms with Gasteiger partial charge in [0.1, 0.15) is 11.7 Å². The summed E-state index contributed by atoms with van der Waals surface area (Å²) in [5.41, 5.74) is 5.98. The van der Waals surface area contributed by atoms with Crippen LogP contribution in [0.4, 0.5) is 0 Å². The van der Waals surface area contributed by atoms with Gasteiger partial charge in [0.15, 0.2) is 0 Å². The van der Waals surface area contributed by atoms with Gasteiger partial charge in [0.25, 0.3) is 0 Å². The summed E-state index contributed by atoms with van der Waals surface area (Å²) in [4.78, 5) is 13.0. The minimum atomic E-state index is 0.263. The lowest BCUT2D eigenvalue weighted by Crippen LogP contribution is -2.40. The second kappa shape index (κ2) is 9.49. The molecule has 0 aliphatic carbocycles. The number of amidine groups is 1. The number of hydrogen-bond acceptors (Lipinski definition) is 5. The molecule has 0 saturated carbocycles. The topological polar surface area (TPSA) is 77.1 Å². The molecule has 2 aromatic carbocycles. The highest BCUT2D eigenvalue weighted by Gasteiger charge is 2.34. The normalized spacial score (nSPS) is 32.0. The maximum atomic E-state index is 4.83. The van der Waals surface area contributed by atoms with Crippen LogP contribution in [0.15, 0.2) is 59.7 Å². The second-order valence-electron chi connectivity index (χ2n) is 11.2. The van der Waals surface area contributed by atoms with Crippen molar-refractivity contribution in [3.8, 4) is 22.4 Å². The molecule has 6 rings (SSSR count). The van der Waals surface area contributed by atoms with Gasteiger partial charge in [0, 0.05) is 12.1 Å². The van der Waals surface area contributed by atoms with E-state index in [0.717, 1.165) is 42.3 Å². The van der Waals surface area contributed by atoms with E-state index < -0.39 is 0 Å². The van der Waals surface area contributed by atoms with E-state index in [0.29, 0.717) is 36.0 Å². The molecular formula is C30H38N6. The molecule has 2 saturated heterocycles. The maximum Gasteiger partial charge on any atom is 0.123 e. The molecule has 3 aliphatic rings. The zero-order valence-electron chi connectivity index (χ0n) is 21.8. The minimum absolute atomic E-state index is 0.263. The number of nitrogens with one attached hydrogen (secondary N) is 4. The third-order valence-corrected chi connectivity index (χ3v) is 8.71. The van der Waals surface area contributed by atoms with Crippen molar-refractivity contribution in [3.05, 3.63) is 66.1 Å². The average Bonchev–Trinajstić information content (AvgIpc) is 3.68. The predicted octanol–water partition coefficient (Wildman–Crippen LogP) is 5.23. The Morgan fingerprint density at radius 1 is 0.694 bits per heavy atom. The molecule has 188 valence electrons. The van der Waals surface area contributed by atoms with Gasteiger partial charge in [-0.15, -0.1) is 0 Å². The molecule has 3 aliphatic heterocycles. The van der Waals surface area contributed by atoms with Crippen molar-refractivity contribution in [1.29, 1.82) is 0 Å². The van der Waals surface area contributed by atoms with Crippen LogP contribution in [0.3, 0.4) is 0 Å². The summed E-state index contributed by atoms with van der Waals surface area (Å²) in [7, 11) is 0. The van der Waals surface area contributed by atoms with E-state index in [1.807, 2.05) is 6.20 Å². The van der Waals surface area contributed by atoms with Crippen LogP contribution in [0, 0.1) is 11.8 Å². The molecule has 6 heteroatoms. The van der Waals surface area contributed by atoms with E-state index in [9.17, 15) is 0 Å². The summed E-state index contributed by atoms with van der Waals surface area (Å²) in [6, 6.07) is 19.7. The molecule has 2 fully saturated rings. The number of rotatable bonds is 5. The fourth-order valence-electron chi connectivity index (χ4n) is 5.90. The minimum Gasteiger partial charge on any atom is -0.364 e. The van der Waals surface area contributed by atoms with Crippen molar-refractivity contribution >= 4 is 5.84 Å². The second-order valence-corrected chi connectivity index (χ2v) is 11.2. The zero-order valence-corrected chi connectivity index (χ0v) is 21.8. The molecule has 0 radical (unpaired) electrons. The largest absolute Gasteiger partial charge is 0.364 e. The molecular weight excluding hydrogens is 444 g/mol. The molecule has 3 aromatic rings. The third kappa shape index (κ3) is 4.48. The lowest BCUT2D eigenvalue weighted by atomic mass is 9.99. The quantitative estimate of drug-likeness (QED) is 0.402. The number of benzene rings is 2. The van der Waals surface area contributed by atoms with Crippen molar-refractivity contribution < 1.29 is 0 Å². The average molecular weight is 483 g/mol. The van der Waals surface area contributed by atoms with E-state index in [-0.39, 0.29) is 6.04 Å². The van der Waals surface area contributed by atoms with E-state index in [4.69, 9.17) is 4.99 Å². The van der Waals surface area contributed by atoms with Crippen LogP contribution in [0.2, 0.25) is 0 Å². The Hall–Kier alpha value is -2.96. The Labute approximate surface area is 214 Å². The molecule has 1 aromatic heterocycles. The smallest absolute Gasteiger partial charge is 0.123 e. The van der Waals surface area contributed by atoms with Gasteiger partial charge < -0.3 is 20.9 Å². The van der Waals surface area contributed by atoms with Crippen LogP contribution in [0.5, 0.6) is 0 Å². The van der Waals surface area contributed by atoms with Gasteiger partial charge in [0.2, 0.25) is 0 Å². The van der Waals surface area contributed by atoms with Crippen molar-refractivity contribution in [2.24, 2.45) is 16.8 Å². The third-order valence-electron chi connectivity index (χ3n) is 8.71. The van der Waals surface area contributed by atoms with Gasteiger partial charge in [-0.25, -0.2) is 4.98 Å². The first-order valence-electron chi connectivity index (χ1n) is 13.5. The first-order valence-corrected chi connectivity index (χ1v) is 13.5. The van der Waals surface area contributed by atoms with Crippen LogP contribution in [-0.2, 0) is 0 Å². The van der Waals surface area contributed by atoms with Gasteiger partial charge in [-0.3, -0.25) is 4.99 Å². The van der Waals surface area contributed by atoms with Crippen LogP contribution < -0.4 is 16.0 Å². The summed E-state index contributed by atoms with van der Waals surface area (Å²) >= 11 is 0. The van der Waals surface area contributed by atoms with Crippen molar-refractivity contribution in [3.63, 3.8) is 0 Å². The number of imidazole rings is 1. The monoisotopic (exact) mass is 482 g/mol. The van der Waals surface area contributed by atoms with Crippen molar-refractivity contribution in [2.75, 3.05) is 6.54 Å². The Morgan fingerprint density at radius 3 is 1.89 bits per heavy atom. The van der Waals surface area contributed by atoms with Gasteiger partial charge in [-0.2, -0.15) is 0 Å². The van der Waals surface area contributed by atoms with Crippen LogP contribution in [0.1, 0.15) is 64.0 Å². The lowest BCUT2D eigenvalue weighted by Gasteiger charge is -2.17. The fraction of sp³-hybridized carbons (Fsp3) is 0.467. The van der Waals surface area contributed by atoms with Crippen LogP contribution in [-0.4, -0.2) is 40.5 Å². The van der Waals surface area contributed by atoms with Gasteiger partial charge in [-0.05, 0) is 60.8 Å². The maximum absolute atomic E-state index is 4.83. The first-order chi connectivity index (χ1) is 17.4. The summed E-state index contributed by atoms with van der Waals surface area (Å²) < 4.78 is 0. The van der Waals surface area contributed by atoms with Crippen molar-refractivity contribution in [1.82, 2.24) is 25.9 Å². The van der Waals surface area contributed by atoms with E-state index in [1.165, 1.54) is 16.7 Å². The summed E-state index contributed by atoms with van der Waals surface area (Å²) in [5, 5.41) is 11.0. The highest BCUT2D eigenvalue weighted by Crippen LogP contribution is 2.31. The van der Waals surface area contributed by atoms with Crippen LogP contribution in [0.25, 0.3) is 22.4 Å². The first kappa shape index (κ1) is 23.4. The SMILES string of the molecule is CC1CC(C2=NCC(c3ccc(-c4ccc(-c5cnc(C6CC(C)[C@H](C)N6)[nH]5)cc4)cc3)N2)NC1C. The molecule has 0 spiro atoms. The molecule has 6 unspecified atom stereocenters. The summed E-state index contributed by atoms with van der Waals surface area (Å²) in [6.45, 7) is 9.95. The van der Waals surface area contributed by atoms with E-state index in [2.05, 4.69) is 102 Å². The highest BCUT2D eigenvalue weighted by atomic mass is 15.2. The predicted molar refractivity (Wildman–Crippen MR) is 147 cm³/mol. The molecule has 0 amide bonds. The molecule has 4 N–H and O–H groups in total. The van der Waals surface area contributed by atoms with Gasteiger partial charge >= 0.3 is 0 Å². The van der Waals surface area contributed by atoms with Crippen molar-refractivity contribution in [2.45, 2.75) is 70.7 Å². The molecule has 7 atom stereocenters. The fourth-order valence-corrected chi connectivity index (χ4v) is 5.90. The number of hydrogen-bond donors (Lipinski definition) is 4. The highest BCUT2D eigenvalue weighted by molar-refractivity contribution is 5.89. The number of aromatic amines is 1. The number of aliphatic imine (C=N–C) groups is 1. The molecule has 0 bridgehead atoms. The van der Waals surface area contributed by atoms with Crippen LogP contribution >= 0.6 is 0 Å². The molecule has 4 heterocycles. The Morgan fingerprint density at radius 2 is 1.28 bits per heavy atom. The molecule has 6 nitrogen and oxygen atoms in total. The zero-order chi connectivity index (χ0) is 24.8. The van der Waals surface area contributed by atoms with Gasteiger partial charge in [-0.1, -0.05) is 62.4 Å². The lowest BCUT2D eigenvalue weighted by molar-refractivity contribution is 0.516. The number of H-pyrrole nitrogens is 1. The van der Waals surface area contributed by atoms with E-state index in [1.54, 1.807) is 0 Å². The van der Waals surface area contributed by atoms with Gasteiger partial charge in [0.05, 0.1) is 36.6 Å². The molecule has 36 heavy (non-hydrogen) atoms. The Kier molecular flexibility index (Phi) is 6.18. The Bertz CT molecular complexity index is 1210. The Balaban J connectivity index is 1.09. The number of aromatic nitrogens is 2. The number of nitrogens with zero attached hydrogens (tertiary/aromatic N) is 2.